The van der Waals surface area contributed by atoms with Gasteiger partial charge in [0.2, 0.25) is 0 Å². The van der Waals surface area contributed by atoms with Crippen LogP contribution in [0.25, 0.3) is 0 Å². The van der Waals surface area contributed by atoms with Crippen molar-refractivity contribution in [2.75, 3.05) is 13.2 Å². The van der Waals surface area contributed by atoms with Gasteiger partial charge >= 0.3 is 0 Å². The van der Waals surface area contributed by atoms with E-state index in [4.69, 9.17) is 16.3 Å². The molecule has 0 aliphatic heterocycles. The summed E-state index contributed by atoms with van der Waals surface area (Å²) in [5.74, 6) is 0.683. The summed E-state index contributed by atoms with van der Waals surface area (Å²) in [5, 5.41) is 12.8. The Labute approximate surface area is 118 Å². The van der Waals surface area contributed by atoms with E-state index in [9.17, 15) is 9.90 Å². The maximum absolute atomic E-state index is 11.5. The predicted molar refractivity (Wildman–Crippen MR) is 75.4 cm³/mol. The number of aliphatic hydroxyl groups excluding tert-OH is 1. The third-order valence-electron chi connectivity index (χ3n) is 2.44. The number of carbonyl (C=O) groups excluding carboxylic acids is 1. The molecular formula is C14H20ClNO3. The van der Waals surface area contributed by atoms with Crippen LogP contribution in [0.2, 0.25) is 5.02 Å². The highest BCUT2D eigenvalue weighted by Crippen LogP contribution is 2.16. The van der Waals surface area contributed by atoms with E-state index in [0.29, 0.717) is 23.1 Å². The Morgan fingerprint density at radius 3 is 2.84 bits per heavy atom. The molecule has 0 spiro atoms. The number of amides is 1. The first-order valence-electron chi connectivity index (χ1n) is 6.30. The van der Waals surface area contributed by atoms with Crippen molar-refractivity contribution >= 4 is 17.5 Å². The molecule has 1 aromatic carbocycles. The zero-order valence-electron chi connectivity index (χ0n) is 11.2. The van der Waals surface area contributed by atoms with Gasteiger partial charge in [0.1, 0.15) is 5.75 Å². The molecule has 1 rings (SSSR count). The molecule has 0 aliphatic carbocycles. The summed E-state index contributed by atoms with van der Waals surface area (Å²) in [6.45, 7) is 4.20. The number of aliphatic hydroxyl groups is 1. The number of rotatable bonds is 7. The van der Waals surface area contributed by atoms with E-state index in [1.807, 2.05) is 13.8 Å². The molecule has 0 saturated carbocycles. The summed E-state index contributed by atoms with van der Waals surface area (Å²) in [6, 6.07) is 6.86. The molecule has 0 bridgehead atoms. The predicted octanol–water partition coefficient (Wildman–Crippen LogP) is 2.24. The van der Waals surface area contributed by atoms with Crippen LogP contribution in [-0.4, -0.2) is 30.3 Å². The number of carbonyl (C=O) groups is 1. The number of nitrogens with one attached hydrogen (secondary N) is 1. The van der Waals surface area contributed by atoms with E-state index in [-0.39, 0.29) is 19.1 Å². The molecule has 4 nitrogen and oxygen atoms in total. The quantitative estimate of drug-likeness (QED) is 0.808. The first kappa shape index (κ1) is 15.8. The smallest absolute Gasteiger partial charge is 0.258 e. The largest absolute Gasteiger partial charge is 0.484 e. The second-order valence-electron chi connectivity index (χ2n) is 4.83. The van der Waals surface area contributed by atoms with Gasteiger partial charge < -0.3 is 15.2 Å². The average molecular weight is 286 g/mol. The van der Waals surface area contributed by atoms with Gasteiger partial charge in [-0.1, -0.05) is 31.5 Å². The summed E-state index contributed by atoms with van der Waals surface area (Å²) in [5.41, 5.74) is 0. The first-order chi connectivity index (χ1) is 8.97. The van der Waals surface area contributed by atoms with Crippen LogP contribution in [0.15, 0.2) is 24.3 Å². The van der Waals surface area contributed by atoms with Crippen molar-refractivity contribution in [3.05, 3.63) is 29.3 Å². The maximum Gasteiger partial charge on any atom is 0.258 e. The Morgan fingerprint density at radius 2 is 2.21 bits per heavy atom. The molecule has 0 fully saturated rings. The highest BCUT2D eigenvalue weighted by molar-refractivity contribution is 6.30. The highest BCUT2D eigenvalue weighted by Gasteiger charge is 2.09. The zero-order valence-corrected chi connectivity index (χ0v) is 12.0. The fourth-order valence-electron chi connectivity index (χ4n) is 1.62. The van der Waals surface area contributed by atoms with E-state index >= 15 is 0 Å². The lowest BCUT2D eigenvalue weighted by Gasteiger charge is -2.14. The van der Waals surface area contributed by atoms with Crippen LogP contribution in [-0.2, 0) is 4.79 Å². The summed E-state index contributed by atoms with van der Waals surface area (Å²) in [6.07, 6.45) is 0.144. The van der Waals surface area contributed by atoms with Crippen molar-refractivity contribution in [2.45, 2.75) is 26.4 Å². The Bertz CT molecular complexity index is 409. The topological polar surface area (TPSA) is 58.6 Å². The van der Waals surface area contributed by atoms with Crippen LogP contribution < -0.4 is 10.1 Å². The fourth-order valence-corrected chi connectivity index (χ4v) is 1.80. The lowest BCUT2D eigenvalue weighted by atomic mass is 10.1. The molecule has 19 heavy (non-hydrogen) atoms. The van der Waals surface area contributed by atoms with Crippen LogP contribution >= 0.6 is 11.6 Å². The number of hydrogen-bond acceptors (Lipinski definition) is 3. The fraction of sp³-hybridized carbons (Fsp3) is 0.500. The Morgan fingerprint density at radius 1 is 1.47 bits per heavy atom. The monoisotopic (exact) mass is 285 g/mol. The highest BCUT2D eigenvalue weighted by atomic mass is 35.5. The van der Waals surface area contributed by atoms with Gasteiger partial charge in [-0.05, 0) is 30.5 Å². The third-order valence-corrected chi connectivity index (χ3v) is 2.68. The summed E-state index contributed by atoms with van der Waals surface area (Å²) in [7, 11) is 0. The van der Waals surface area contributed by atoms with Crippen molar-refractivity contribution in [3.8, 4) is 5.75 Å². The minimum absolute atomic E-state index is 0.0886. The number of halogens is 1. The molecular weight excluding hydrogens is 266 g/mol. The normalized spacial score (nSPS) is 12.3. The van der Waals surface area contributed by atoms with Crippen molar-refractivity contribution in [3.63, 3.8) is 0 Å². The van der Waals surface area contributed by atoms with Gasteiger partial charge in [-0.2, -0.15) is 0 Å². The Balaban J connectivity index is 2.25. The lowest BCUT2D eigenvalue weighted by Crippen LogP contribution is -2.35. The van der Waals surface area contributed by atoms with Gasteiger partial charge in [0, 0.05) is 11.6 Å². The second-order valence-corrected chi connectivity index (χ2v) is 5.27. The van der Waals surface area contributed by atoms with E-state index < -0.39 is 6.10 Å². The van der Waals surface area contributed by atoms with Gasteiger partial charge in [-0.3, -0.25) is 4.79 Å². The minimum atomic E-state index is -0.518. The summed E-state index contributed by atoms with van der Waals surface area (Å²) in [4.78, 5) is 11.5. The van der Waals surface area contributed by atoms with Gasteiger partial charge in [0.05, 0.1) is 6.10 Å². The van der Waals surface area contributed by atoms with Gasteiger partial charge in [0.25, 0.3) is 5.91 Å². The third kappa shape index (κ3) is 7.03. The van der Waals surface area contributed by atoms with Gasteiger partial charge in [-0.15, -0.1) is 0 Å². The molecule has 0 radical (unpaired) electrons. The van der Waals surface area contributed by atoms with Crippen molar-refractivity contribution in [2.24, 2.45) is 5.92 Å². The van der Waals surface area contributed by atoms with E-state index in [0.717, 1.165) is 0 Å². The minimum Gasteiger partial charge on any atom is -0.484 e. The summed E-state index contributed by atoms with van der Waals surface area (Å²) < 4.78 is 5.28. The number of ether oxygens (including phenoxy) is 1. The van der Waals surface area contributed by atoms with Crippen LogP contribution in [0.4, 0.5) is 0 Å². The lowest BCUT2D eigenvalue weighted by molar-refractivity contribution is -0.123. The van der Waals surface area contributed by atoms with Crippen LogP contribution in [0.5, 0.6) is 5.75 Å². The molecule has 0 aromatic heterocycles. The van der Waals surface area contributed by atoms with Gasteiger partial charge in [-0.25, -0.2) is 0 Å². The average Bonchev–Trinajstić information content (AvgIpc) is 2.33. The maximum atomic E-state index is 11.5. The SMILES string of the molecule is CC(C)CC(O)CNC(=O)COc1cccc(Cl)c1. The number of benzene rings is 1. The van der Waals surface area contributed by atoms with E-state index in [1.165, 1.54) is 0 Å². The van der Waals surface area contributed by atoms with E-state index in [2.05, 4.69) is 5.32 Å². The Hall–Kier alpha value is -1.26. The zero-order chi connectivity index (χ0) is 14.3. The molecule has 0 saturated heterocycles. The van der Waals surface area contributed by atoms with Crippen LogP contribution in [0.3, 0.4) is 0 Å². The summed E-state index contributed by atoms with van der Waals surface area (Å²) >= 11 is 5.80. The van der Waals surface area contributed by atoms with Crippen LogP contribution in [0, 0.1) is 5.92 Å². The molecule has 106 valence electrons. The molecule has 1 aromatic rings. The molecule has 0 aliphatic rings. The van der Waals surface area contributed by atoms with Crippen molar-refractivity contribution in [1.29, 1.82) is 0 Å². The van der Waals surface area contributed by atoms with Crippen molar-refractivity contribution < 1.29 is 14.6 Å². The first-order valence-corrected chi connectivity index (χ1v) is 6.68. The molecule has 1 atom stereocenters. The van der Waals surface area contributed by atoms with Crippen LogP contribution in [0.1, 0.15) is 20.3 Å². The standard InChI is InChI=1S/C14H20ClNO3/c1-10(2)6-12(17)8-16-14(18)9-19-13-5-3-4-11(15)7-13/h3-5,7,10,12,17H,6,8-9H2,1-2H3,(H,16,18). The molecule has 1 amide bonds. The second kappa shape index (κ2) is 8.02. The van der Waals surface area contributed by atoms with E-state index in [1.54, 1.807) is 24.3 Å². The molecule has 2 N–H and O–H groups in total. The molecule has 5 heteroatoms. The van der Waals surface area contributed by atoms with Crippen molar-refractivity contribution in [1.82, 2.24) is 5.32 Å². The molecule has 0 heterocycles. The van der Waals surface area contributed by atoms with Gasteiger partial charge in [0.15, 0.2) is 6.61 Å². The molecule has 1 unspecified atom stereocenters. The number of hydrogen-bond donors (Lipinski definition) is 2. The Kier molecular flexibility index (Phi) is 6.67.